The maximum absolute atomic E-state index is 6.01. The average molecular weight is 430 g/mol. The number of halogens is 1. The summed E-state index contributed by atoms with van der Waals surface area (Å²) >= 11 is 3.64. The van der Waals surface area contributed by atoms with Crippen molar-refractivity contribution < 1.29 is 9.47 Å². The first-order chi connectivity index (χ1) is 13.3. The fraction of sp³-hybridized carbons (Fsp3) is 0.391. The molecule has 27 heavy (non-hydrogen) atoms. The molecule has 144 valence electrons. The highest BCUT2D eigenvalue weighted by Crippen LogP contribution is 2.37. The van der Waals surface area contributed by atoms with Crippen molar-refractivity contribution in [2.75, 3.05) is 13.7 Å². The molecule has 1 aliphatic carbocycles. The van der Waals surface area contributed by atoms with E-state index >= 15 is 0 Å². The quantitative estimate of drug-likeness (QED) is 0.390. The first-order valence-electron chi connectivity index (χ1n) is 9.68. The van der Waals surface area contributed by atoms with Gasteiger partial charge in [0.05, 0.1) is 11.6 Å². The van der Waals surface area contributed by atoms with Crippen LogP contribution in [0.1, 0.15) is 43.2 Å². The second kappa shape index (κ2) is 10.5. The number of ether oxygens (including phenoxy) is 2. The SMILES string of the molecule is COc1cc(CNCCC2=CCCCC2)cc(Br)c1OCc1ccccc1. The van der Waals surface area contributed by atoms with Crippen molar-refractivity contribution in [3.63, 3.8) is 0 Å². The molecule has 0 radical (unpaired) electrons. The topological polar surface area (TPSA) is 30.5 Å². The highest BCUT2D eigenvalue weighted by atomic mass is 79.9. The van der Waals surface area contributed by atoms with Crippen LogP contribution in [-0.4, -0.2) is 13.7 Å². The first kappa shape index (κ1) is 20.0. The molecule has 1 aliphatic rings. The van der Waals surface area contributed by atoms with Crippen molar-refractivity contribution in [1.82, 2.24) is 5.32 Å². The Morgan fingerprint density at radius 1 is 1.07 bits per heavy atom. The highest BCUT2D eigenvalue weighted by molar-refractivity contribution is 9.10. The fourth-order valence-electron chi connectivity index (χ4n) is 3.36. The average Bonchev–Trinajstić information content (AvgIpc) is 2.71. The van der Waals surface area contributed by atoms with E-state index in [9.17, 15) is 0 Å². The van der Waals surface area contributed by atoms with Crippen LogP contribution in [0.25, 0.3) is 0 Å². The number of nitrogens with one attached hydrogen (secondary N) is 1. The molecule has 0 heterocycles. The van der Waals surface area contributed by atoms with E-state index in [0.29, 0.717) is 6.61 Å². The Labute approximate surface area is 170 Å². The molecule has 2 aromatic carbocycles. The minimum atomic E-state index is 0.516. The van der Waals surface area contributed by atoms with E-state index in [1.165, 1.54) is 31.2 Å². The molecule has 0 unspecified atom stereocenters. The lowest BCUT2D eigenvalue weighted by Crippen LogP contribution is -2.16. The van der Waals surface area contributed by atoms with Crippen LogP contribution in [0.15, 0.2) is 58.6 Å². The van der Waals surface area contributed by atoms with Crippen LogP contribution in [-0.2, 0) is 13.2 Å². The van der Waals surface area contributed by atoms with Crippen LogP contribution in [0.4, 0.5) is 0 Å². The second-order valence-electron chi connectivity index (χ2n) is 6.92. The summed E-state index contributed by atoms with van der Waals surface area (Å²) in [5.74, 6) is 1.50. The van der Waals surface area contributed by atoms with Crippen LogP contribution >= 0.6 is 15.9 Å². The molecular formula is C23H28BrNO2. The Morgan fingerprint density at radius 3 is 2.67 bits per heavy atom. The smallest absolute Gasteiger partial charge is 0.175 e. The summed E-state index contributed by atoms with van der Waals surface area (Å²) in [6.07, 6.45) is 8.79. The summed E-state index contributed by atoms with van der Waals surface area (Å²) in [7, 11) is 1.68. The van der Waals surface area contributed by atoms with Crippen molar-refractivity contribution >= 4 is 15.9 Å². The van der Waals surface area contributed by atoms with Gasteiger partial charge in [0.15, 0.2) is 11.5 Å². The van der Waals surface area contributed by atoms with Gasteiger partial charge in [-0.25, -0.2) is 0 Å². The predicted octanol–water partition coefficient (Wildman–Crippen LogP) is 6.02. The summed E-state index contributed by atoms with van der Waals surface area (Å²) in [6, 6.07) is 14.3. The van der Waals surface area contributed by atoms with E-state index in [1.54, 1.807) is 12.7 Å². The predicted molar refractivity (Wildman–Crippen MR) is 114 cm³/mol. The van der Waals surface area contributed by atoms with E-state index in [-0.39, 0.29) is 0 Å². The molecule has 0 atom stereocenters. The lowest BCUT2D eigenvalue weighted by Gasteiger charge is -2.15. The minimum absolute atomic E-state index is 0.516. The molecule has 4 heteroatoms. The number of benzene rings is 2. The van der Waals surface area contributed by atoms with Crippen molar-refractivity contribution in [1.29, 1.82) is 0 Å². The van der Waals surface area contributed by atoms with Crippen LogP contribution in [0, 0.1) is 0 Å². The Morgan fingerprint density at radius 2 is 1.93 bits per heavy atom. The van der Waals surface area contributed by atoms with Crippen LogP contribution in [0.2, 0.25) is 0 Å². The molecule has 0 fully saturated rings. The molecule has 0 saturated carbocycles. The molecule has 0 amide bonds. The van der Waals surface area contributed by atoms with E-state index in [4.69, 9.17) is 9.47 Å². The molecule has 0 bridgehead atoms. The molecule has 3 rings (SSSR count). The third-order valence-electron chi connectivity index (χ3n) is 4.85. The van der Waals surface area contributed by atoms with Gasteiger partial charge in [-0.15, -0.1) is 0 Å². The van der Waals surface area contributed by atoms with Gasteiger partial charge in [-0.1, -0.05) is 42.0 Å². The summed E-state index contributed by atoms with van der Waals surface area (Å²) < 4.78 is 12.5. The van der Waals surface area contributed by atoms with Gasteiger partial charge in [0.1, 0.15) is 6.61 Å². The van der Waals surface area contributed by atoms with Gasteiger partial charge in [-0.05, 0) is 77.8 Å². The third kappa shape index (κ3) is 6.12. The molecule has 2 aromatic rings. The lowest BCUT2D eigenvalue weighted by molar-refractivity contribution is 0.282. The van der Waals surface area contributed by atoms with Gasteiger partial charge in [-0.2, -0.15) is 0 Å². The number of hydrogen-bond acceptors (Lipinski definition) is 3. The zero-order valence-electron chi connectivity index (χ0n) is 16.0. The van der Waals surface area contributed by atoms with Crippen LogP contribution in [0.5, 0.6) is 11.5 Å². The van der Waals surface area contributed by atoms with Crippen molar-refractivity contribution in [2.24, 2.45) is 0 Å². The zero-order valence-corrected chi connectivity index (χ0v) is 17.6. The van der Waals surface area contributed by atoms with Gasteiger partial charge in [0.2, 0.25) is 0 Å². The van der Waals surface area contributed by atoms with E-state index in [2.05, 4.69) is 51.6 Å². The third-order valence-corrected chi connectivity index (χ3v) is 5.44. The molecular weight excluding hydrogens is 402 g/mol. The van der Waals surface area contributed by atoms with Crippen LogP contribution < -0.4 is 14.8 Å². The molecule has 0 saturated heterocycles. The molecule has 0 spiro atoms. The number of rotatable bonds is 9. The highest BCUT2D eigenvalue weighted by Gasteiger charge is 2.12. The Kier molecular flexibility index (Phi) is 7.79. The summed E-state index contributed by atoms with van der Waals surface area (Å²) in [5.41, 5.74) is 3.93. The molecule has 1 N–H and O–H groups in total. The van der Waals surface area contributed by atoms with Gasteiger partial charge in [-0.3, -0.25) is 0 Å². The normalized spacial score (nSPS) is 13.9. The second-order valence-corrected chi connectivity index (χ2v) is 7.77. The van der Waals surface area contributed by atoms with Gasteiger partial charge in [0, 0.05) is 6.54 Å². The molecule has 0 aromatic heterocycles. The van der Waals surface area contributed by atoms with Crippen molar-refractivity contribution in [2.45, 2.75) is 45.3 Å². The summed E-state index contributed by atoms with van der Waals surface area (Å²) in [6.45, 7) is 2.35. The largest absolute Gasteiger partial charge is 0.493 e. The lowest BCUT2D eigenvalue weighted by atomic mass is 9.97. The van der Waals surface area contributed by atoms with E-state index in [1.807, 2.05) is 18.2 Å². The van der Waals surface area contributed by atoms with Crippen molar-refractivity contribution in [3.8, 4) is 11.5 Å². The minimum Gasteiger partial charge on any atom is -0.493 e. The first-order valence-corrected chi connectivity index (χ1v) is 10.5. The van der Waals surface area contributed by atoms with E-state index in [0.717, 1.165) is 41.0 Å². The Balaban J connectivity index is 1.55. The number of methoxy groups -OCH3 is 1. The number of allylic oxidation sites excluding steroid dienone is 1. The monoisotopic (exact) mass is 429 g/mol. The summed E-state index contributed by atoms with van der Waals surface area (Å²) in [5, 5.41) is 3.55. The number of hydrogen-bond donors (Lipinski definition) is 1. The fourth-order valence-corrected chi connectivity index (χ4v) is 3.96. The standard InChI is InChI=1S/C23H28BrNO2/c1-26-22-15-20(16-25-13-12-18-8-4-2-5-9-18)14-21(24)23(22)27-17-19-10-6-3-7-11-19/h3,6-8,10-11,14-15,25H,2,4-5,9,12-13,16-17H2,1H3. The molecule has 3 nitrogen and oxygen atoms in total. The Bertz CT molecular complexity index is 758. The maximum atomic E-state index is 6.01. The van der Waals surface area contributed by atoms with Gasteiger partial charge < -0.3 is 14.8 Å². The van der Waals surface area contributed by atoms with Gasteiger partial charge in [0.25, 0.3) is 0 Å². The van der Waals surface area contributed by atoms with Gasteiger partial charge >= 0.3 is 0 Å². The summed E-state index contributed by atoms with van der Waals surface area (Å²) in [4.78, 5) is 0. The Hall–Kier alpha value is -1.78. The van der Waals surface area contributed by atoms with E-state index < -0.39 is 0 Å². The maximum Gasteiger partial charge on any atom is 0.175 e. The van der Waals surface area contributed by atoms with Crippen LogP contribution in [0.3, 0.4) is 0 Å². The van der Waals surface area contributed by atoms with Crippen molar-refractivity contribution in [3.05, 3.63) is 69.7 Å². The molecule has 0 aliphatic heterocycles. The zero-order chi connectivity index (χ0) is 18.9.